The third kappa shape index (κ3) is 4.53. The van der Waals surface area contributed by atoms with Gasteiger partial charge in [0, 0.05) is 4.47 Å². The van der Waals surface area contributed by atoms with Gasteiger partial charge >= 0.3 is 5.97 Å². The molecule has 0 bridgehead atoms. The van der Waals surface area contributed by atoms with Crippen molar-refractivity contribution in [2.24, 2.45) is 0 Å². The molecule has 0 aromatic heterocycles. The third-order valence-electron chi connectivity index (χ3n) is 2.62. The predicted molar refractivity (Wildman–Crippen MR) is 75.4 cm³/mol. The van der Waals surface area contributed by atoms with Gasteiger partial charge in [0.05, 0.1) is 4.90 Å². The number of nitrogens with one attached hydrogen (secondary N) is 1. The molecular formula is C12H15BrFNO4S. The second-order valence-corrected chi connectivity index (χ2v) is 6.77. The summed E-state index contributed by atoms with van der Waals surface area (Å²) in [5, 5.41) is 9.02. The second-order valence-electron chi connectivity index (χ2n) is 4.23. The van der Waals surface area contributed by atoms with Crippen LogP contribution in [0, 0.1) is 5.82 Å². The minimum atomic E-state index is -4.11. The van der Waals surface area contributed by atoms with Crippen molar-refractivity contribution in [2.45, 2.75) is 37.1 Å². The van der Waals surface area contributed by atoms with Crippen LogP contribution >= 0.6 is 15.9 Å². The lowest BCUT2D eigenvalue weighted by atomic mass is 10.1. The molecule has 0 amide bonds. The zero-order valence-electron chi connectivity index (χ0n) is 10.8. The summed E-state index contributed by atoms with van der Waals surface area (Å²) in [5.41, 5.74) is 0. The van der Waals surface area contributed by atoms with Crippen LogP contribution in [-0.4, -0.2) is 25.5 Å². The molecule has 20 heavy (non-hydrogen) atoms. The highest BCUT2D eigenvalue weighted by molar-refractivity contribution is 9.10. The van der Waals surface area contributed by atoms with E-state index in [0.29, 0.717) is 6.42 Å². The molecule has 2 N–H and O–H groups in total. The first-order chi connectivity index (χ1) is 9.27. The Morgan fingerprint density at radius 3 is 2.70 bits per heavy atom. The number of hydrogen-bond acceptors (Lipinski definition) is 3. The van der Waals surface area contributed by atoms with Gasteiger partial charge in [-0.25, -0.2) is 12.8 Å². The first kappa shape index (κ1) is 17.1. The molecule has 0 saturated heterocycles. The van der Waals surface area contributed by atoms with Gasteiger partial charge in [-0.15, -0.1) is 0 Å². The summed E-state index contributed by atoms with van der Waals surface area (Å²) in [4.78, 5) is 10.7. The number of hydrogen-bond donors (Lipinski definition) is 2. The van der Waals surface area contributed by atoms with Gasteiger partial charge in [0.25, 0.3) is 0 Å². The van der Waals surface area contributed by atoms with Crippen molar-refractivity contribution in [1.29, 1.82) is 0 Å². The van der Waals surface area contributed by atoms with Gasteiger partial charge in [0.1, 0.15) is 11.9 Å². The number of carbonyl (C=O) groups is 1. The van der Waals surface area contributed by atoms with Crippen molar-refractivity contribution >= 4 is 31.9 Å². The van der Waals surface area contributed by atoms with Gasteiger partial charge in [0.2, 0.25) is 10.0 Å². The Kier molecular flexibility index (Phi) is 6.09. The molecule has 112 valence electrons. The Morgan fingerprint density at radius 2 is 2.15 bits per heavy atom. The number of carboxylic acids is 1. The lowest BCUT2D eigenvalue weighted by molar-refractivity contribution is -0.139. The molecule has 0 aliphatic rings. The number of sulfonamides is 1. The van der Waals surface area contributed by atoms with Crippen LogP contribution in [0.1, 0.15) is 26.2 Å². The van der Waals surface area contributed by atoms with Crippen LogP contribution in [-0.2, 0) is 14.8 Å². The monoisotopic (exact) mass is 367 g/mol. The molecule has 0 heterocycles. The Hall–Kier alpha value is -0.990. The third-order valence-corrected chi connectivity index (χ3v) is 5.09. The van der Waals surface area contributed by atoms with Gasteiger partial charge in [-0.05, 0) is 40.5 Å². The summed E-state index contributed by atoms with van der Waals surface area (Å²) in [6, 6.07) is 1.97. The van der Waals surface area contributed by atoms with E-state index >= 15 is 0 Å². The van der Waals surface area contributed by atoms with Gasteiger partial charge in [-0.1, -0.05) is 19.8 Å². The molecule has 0 spiro atoms. The van der Waals surface area contributed by atoms with E-state index in [1.165, 1.54) is 6.07 Å². The van der Waals surface area contributed by atoms with Crippen LogP contribution in [0.25, 0.3) is 0 Å². The van der Waals surface area contributed by atoms with E-state index in [2.05, 4.69) is 20.7 Å². The zero-order valence-corrected chi connectivity index (χ0v) is 13.2. The first-order valence-corrected chi connectivity index (χ1v) is 8.25. The fraction of sp³-hybridized carbons (Fsp3) is 0.417. The van der Waals surface area contributed by atoms with Crippen molar-refractivity contribution in [1.82, 2.24) is 4.72 Å². The maximum atomic E-state index is 13.1. The molecule has 1 aromatic rings. The minimum Gasteiger partial charge on any atom is -0.480 e. The summed E-state index contributed by atoms with van der Waals surface area (Å²) in [6.45, 7) is 1.87. The van der Waals surface area contributed by atoms with E-state index in [0.717, 1.165) is 18.6 Å². The van der Waals surface area contributed by atoms with E-state index in [1.54, 1.807) is 0 Å². The highest BCUT2D eigenvalue weighted by Gasteiger charge is 2.26. The largest absolute Gasteiger partial charge is 0.480 e. The van der Waals surface area contributed by atoms with E-state index in [-0.39, 0.29) is 15.8 Å². The molecule has 1 rings (SSSR count). The van der Waals surface area contributed by atoms with Crippen molar-refractivity contribution in [2.75, 3.05) is 0 Å². The summed E-state index contributed by atoms with van der Waals surface area (Å²) in [7, 11) is -4.11. The summed E-state index contributed by atoms with van der Waals surface area (Å²) in [5.74, 6) is -1.97. The Balaban J connectivity index is 3.03. The van der Waals surface area contributed by atoms with Crippen LogP contribution in [0.15, 0.2) is 27.6 Å². The van der Waals surface area contributed by atoms with Gasteiger partial charge in [0.15, 0.2) is 0 Å². The highest BCUT2D eigenvalue weighted by atomic mass is 79.9. The minimum absolute atomic E-state index is 0.172. The SMILES string of the molecule is CCCC[C@H](NS(=O)(=O)c1cc(F)ccc1Br)C(=O)O. The lowest BCUT2D eigenvalue weighted by Gasteiger charge is -2.15. The molecule has 0 aliphatic heterocycles. The molecule has 0 unspecified atom stereocenters. The Morgan fingerprint density at radius 1 is 1.50 bits per heavy atom. The highest BCUT2D eigenvalue weighted by Crippen LogP contribution is 2.23. The van der Waals surface area contributed by atoms with Crippen LogP contribution in [0.5, 0.6) is 0 Å². The van der Waals surface area contributed by atoms with E-state index in [4.69, 9.17) is 5.11 Å². The predicted octanol–water partition coefficient (Wildman–Crippen LogP) is 2.51. The molecule has 0 fully saturated rings. The van der Waals surface area contributed by atoms with Crippen LogP contribution in [0.4, 0.5) is 4.39 Å². The number of halogens is 2. The Bertz CT molecular complexity index is 591. The normalized spacial score (nSPS) is 13.2. The van der Waals surface area contributed by atoms with Crippen molar-refractivity contribution in [3.63, 3.8) is 0 Å². The standard InChI is InChI=1S/C12H15BrFNO4S/c1-2-3-4-10(12(16)17)15-20(18,19)11-7-8(14)5-6-9(11)13/h5-7,10,15H,2-4H2,1H3,(H,16,17)/t10-/m0/s1. The van der Waals surface area contributed by atoms with Crippen molar-refractivity contribution < 1.29 is 22.7 Å². The maximum absolute atomic E-state index is 13.1. The van der Waals surface area contributed by atoms with Crippen molar-refractivity contribution in [3.8, 4) is 0 Å². The average molecular weight is 368 g/mol. The van der Waals surface area contributed by atoms with Gasteiger partial charge < -0.3 is 5.11 Å². The zero-order chi connectivity index (χ0) is 15.3. The number of rotatable bonds is 7. The molecule has 0 saturated carbocycles. The van der Waals surface area contributed by atoms with E-state index < -0.39 is 27.9 Å². The fourth-order valence-electron chi connectivity index (χ4n) is 1.57. The maximum Gasteiger partial charge on any atom is 0.321 e. The first-order valence-electron chi connectivity index (χ1n) is 5.98. The smallest absolute Gasteiger partial charge is 0.321 e. The fourth-order valence-corrected chi connectivity index (χ4v) is 3.77. The number of carboxylic acid groups (broad SMARTS) is 1. The number of benzene rings is 1. The lowest BCUT2D eigenvalue weighted by Crippen LogP contribution is -2.40. The molecule has 0 radical (unpaired) electrons. The molecule has 1 aromatic carbocycles. The van der Waals surface area contributed by atoms with Gasteiger partial charge in [-0.3, -0.25) is 4.79 Å². The van der Waals surface area contributed by atoms with Crippen LogP contribution in [0.2, 0.25) is 0 Å². The quantitative estimate of drug-likeness (QED) is 0.775. The summed E-state index contributed by atoms with van der Waals surface area (Å²) < 4.78 is 39.6. The number of unbranched alkanes of at least 4 members (excludes halogenated alkanes) is 1. The molecule has 1 atom stereocenters. The molecular weight excluding hydrogens is 353 g/mol. The topological polar surface area (TPSA) is 83.5 Å². The molecule has 0 aliphatic carbocycles. The Labute approximate surface area is 125 Å². The molecule has 5 nitrogen and oxygen atoms in total. The van der Waals surface area contributed by atoms with E-state index in [9.17, 15) is 17.6 Å². The molecule has 8 heteroatoms. The summed E-state index contributed by atoms with van der Waals surface area (Å²) in [6.07, 6.45) is 1.50. The average Bonchev–Trinajstić information content (AvgIpc) is 2.36. The summed E-state index contributed by atoms with van der Waals surface area (Å²) >= 11 is 3.01. The number of aliphatic carboxylic acids is 1. The van der Waals surface area contributed by atoms with Crippen LogP contribution in [0.3, 0.4) is 0 Å². The van der Waals surface area contributed by atoms with Crippen molar-refractivity contribution in [3.05, 3.63) is 28.5 Å². The second kappa shape index (κ2) is 7.14. The van der Waals surface area contributed by atoms with Crippen LogP contribution < -0.4 is 4.72 Å². The van der Waals surface area contributed by atoms with Gasteiger partial charge in [-0.2, -0.15) is 4.72 Å². The van der Waals surface area contributed by atoms with E-state index in [1.807, 2.05) is 6.92 Å².